The van der Waals surface area contributed by atoms with Crippen LogP contribution in [0.1, 0.15) is 19.4 Å². The van der Waals surface area contributed by atoms with Gasteiger partial charge in [-0.05, 0) is 49.9 Å². The molecule has 1 aromatic heterocycles. The molecule has 0 radical (unpaired) electrons. The molecule has 0 aliphatic heterocycles. The van der Waals surface area contributed by atoms with Crippen LogP contribution in [0.15, 0.2) is 18.2 Å². The molecule has 0 fully saturated rings. The van der Waals surface area contributed by atoms with E-state index in [1.807, 2.05) is 0 Å². The van der Waals surface area contributed by atoms with Crippen molar-refractivity contribution in [2.24, 2.45) is 0 Å². The van der Waals surface area contributed by atoms with Gasteiger partial charge in [-0.2, -0.15) is 0 Å². The first-order valence-electron chi connectivity index (χ1n) is 6.57. The number of fused-ring (bicyclic) bond motifs is 1. The van der Waals surface area contributed by atoms with E-state index in [1.54, 1.807) is 0 Å². The van der Waals surface area contributed by atoms with Gasteiger partial charge in [-0.25, -0.2) is 0 Å². The molecule has 18 heavy (non-hydrogen) atoms. The molecule has 1 aromatic carbocycles. The summed E-state index contributed by atoms with van der Waals surface area (Å²) >= 11 is 5.41. The third kappa shape index (κ3) is 2.65. The standard InChI is InChI=1S/C14H21N3S/c1-4-16(5-2)8-9-17-13-10-11(3)6-7-12(13)15-14(17)18/h6-7,10H,4-5,8-9H2,1-3H3,(H,15,18). The third-order valence-corrected chi connectivity index (χ3v) is 3.79. The summed E-state index contributed by atoms with van der Waals surface area (Å²) in [6, 6.07) is 6.42. The van der Waals surface area contributed by atoms with E-state index in [0.717, 1.165) is 36.5 Å². The van der Waals surface area contributed by atoms with Crippen molar-refractivity contribution in [1.82, 2.24) is 14.5 Å². The van der Waals surface area contributed by atoms with Crippen LogP contribution in [0, 0.1) is 11.7 Å². The number of hydrogen-bond acceptors (Lipinski definition) is 2. The molecule has 0 amide bonds. The number of aromatic nitrogens is 2. The van der Waals surface area contributed by atoms with E-state index in [-0.39, 0.29) is 0 Å². The lowest BCUT2D eigenvalue weighted by Gasteiger charge is -2.18. The van der Waals surface area contributed by atoms with Crippen molar-refractivity contribution in [3.63, 3.8) is 0 Å². The summed E-state index contributed by atoms with van der Waals surface area (Å²) in [6.07, 6.45) is 0. The first kappa shape index (κ1) is 13.3. The molecule has 0 saturated heterocycles. The molecular formula is C14H21N3S. The number of imidazole rings is 1. The fraction of sp³-hybridized carbons (Fsp3) is 0.500. The topological polar surface area (TPSA) is 24.0 Å². The molecule has 0 bridgehead atoms. The molecule has 2 aromatic rings. The molecular weight excluding hydrogens is 242 g/mol. The van der Waals surface area contributed by atoms with E-state index in [9.17, 15) is 0 Å². The van der Waals surface area contributed by atoms with Crippen molar-refractivity contribution >= 4 is 23.3 Å². The minimum Gasteiger partial charge on any atom is -0.331 e. The van der Waals surface area contributed by atoms with Crippen molar-refractivity contribution in [2.75, 3.05) is 19.6 Å². The Bertz CT molecular complexity index is 578. The Labute approximate surface area is 113 Å². The summed E-state index contributed by atoms with van der Waals surface area (Å²) < 4.78 is 3.03. The van der Waals surface area contributed by atoms with Gasteiger partial charge < -0.3 is 14.5 Å². The average Bonchev–Trinajstić information content (AvgIpc) is 2.66. The van der Waals surface area contributed by atoms with Crippen molar-refractivity contribution in [3.8, 4) is 0 Å². The van der Waals surface area contributed by atoms with Crippen LogP contribution in [0.4, 0.5) is 0 Å². The number of rotatable bonds is 5. The maximum Gasteiger partial charge on any atom is 0.178 e. The fourth-order valence-electron chi connectivity index (χ4n) is 2.27. The minimum atomic E-state index is 0.822. The zero-order valence-electron chi connectivity index (χ0n) is 11.4. The zero-order valence-corrected chi connectivity index (χ0v) is 12.2. The van der Waals surface area contributed by atoms with E-state index in [0.29, 0.717) is 0 Å². The highest BCUT2D eigenvalue weighted by atomic mass is 32.1. The Morgan fingerprint density at radius 1 is 1.28 bits per heavy atom. The molecule has 0 spiro atoms. The van der Waals surface area contributed by atoms with Gasteiger partial charge in [0.2, 0.25) is 0 Å². The van der Waals surface area contributed by atoms with Crippen LogP contribution in [-0.2, 0) is 6.54 Å². The normalized spacial score (nSPS) is 11.6. The Morgan fingerprint density at radius 3 is 2.67 bits per heavy atom. The molecule has 0 atom stereocenters. The van der Waals surface area contributed by atoms with Crippen LogP contribution >= 0.6 is 12.2 Å². The van der Waals surface area contributed by atoms with Crippen molar-refractivity contribution in [1.29, 1.82) is 0 Å². The van der Waals surface area contributed by atoms with Gasteiger partial charge in [0.15, 0.2) is 4.77 Å². The fourth-order valence-corrected chi connectivity index (χ4v) is 2.57. The lowest BCUT2D eigenvalue weighted by atomic mass is 10.2. The summed E-state index contributed by atoms with van der Waals surface area (Å²) in [4.78, 5) is 5.69. The Hall–Kier alpha value is -1.13. The summed E-state index contributed by atoms with van der Waals surface area (Å²) in [5, 5.41) is 0. The number of aryl methyl sites for hydroxylation is 1. The molecule has 0 saturated carbocycles. The summed E-state index contributed by atoms with van der Waals surface area (Å²) in [6.45, 7) is 10.7. The molecule has 98 valence electrons. The van der Waals surface area contributed by atoms with Crippen LogP contribution in [0.5, 0.6) is 0 Å². The number of nitrogens with one attached hydrogen (secondary N) is 1. The van der Waals surface area contributed by atoms with Gasteiger partial charge in [-0.1, -0.05) is 19.9 Å². The molecule has 1 heterocycles. The van der Waals surface area contributed by atoms with E-state index in [4.69, 9.17) is 12.2 Å². The highest BCUT2D eigenvalue weighted by Gasteiger charge is 2.06. The highest BCUT2D eigenvalue weighted by molar-refractivity contribution is 7.71. The molecule has 0 aliphatic rings. The van der Waals surface area contributed by atoms with Gasteiger partial charge in [0, 0.05) is 13.1 Å². The van der Waals surface area contributed by atoms with Crippen LogP contribution in [0.25, 0.3) is 11.0 Å². The second-order valence-electron chi connectivity index (χ2n) is 4.63. The lowest BCUT2D eigenvalue weighted by molar-refractivity contribution is 0.291. The molecule has 0 unspecified atom stereocenters. The zero-order chi connectivity index (χ0) is 13.1. The Kier molecular flexibility index (Phi) is 4.19. The second-order valence-corrected chi connectivity index (χ2v) is 5.02. The third-order valence-electron chi connectivity index (χ3n) is 3.47. The second kappa shape index (κ2) is 5.67. The van der Waals surface area contributed by atoms with Gasteiger partial charge in [0.05, 0.1) is 11.0 Å². The number of H-pyrrole nitrogens is 1. The summed E-state index contributed by atoms with van der Waals surface area (Å²) in [7, 11) is 0. The molecule has 4 heteroatoms. The monoisotopic (exact) mass is 263 g/mol. The number of aromatic amines is 1. The average molecular weight is 263 g/mol. The SMILES string of the molecule is CCN(CC)CCn1c(=S)[nH]c2ccc(C)cc21. The number of benzene rings is 1. The van der Waals surface area contributed by atoms with Gasteiger partial charge >= 0.3 is 0 Å². The molecule has 3 nitrogen and oxygen atoms in total. The van der Waals surface area contributed by atoms with Crippen LogP contribution in [0.3, 0.4) is 0 Å². The van der Waals surface area contributed by atoms with E-state index in [1.165, 1.54) is 11.1 Å². The largest absolute Gasteiger partial charge is 0.331 e. The predicted molar refractivity (Wildman–Crippen MR) is 79.6 cm³/mol. The molecule has 0 aliphatic carbocycles. The molecule has 1 N–H and O–H groups in total. The van der Waals surface area contributed by atoms with Crippen LogP contribution in [0.2, 0.25) is 0 Å². The van der Waals surface area contributed by atoms with Crippen molar-refractivity contribution < 1.29 is 0 Å². The van der Waals surface area contributed by atoms with Gasteiger partial charge in [0.1, 0.15) is 0 Å². The quantitative estimate of drug-likeness (QED) is 0.836. The predicted octanol–water partition coefficient (Wildman–Crippen LogP) is 3.35. The molecule has 2 rings (SSSR count). The van der Waals surface area contributed by atoms with Crippen molar-refractivity contribution in [3.05, 3.63) is 28.5 Å². The number of hydrogen-bond donors (Lipinski definition) is 1. The minimum absolute atomic E-state index is 0.822. The maximum absolute atomic E-state index is 5.41. The lowest BCUT2D eigenvalue weighted by Crippen LogP contribution is -2.27. The number of likely N-dealkylation sites (N-methyl/N-ethyl adjacent to an activating group) is 1. The van der Waals surface area contributed by atoms with E-state index in [2.05, 4.69) is 53.4 Å². The van der Waals surface area contributed by atoms with Crippen molar-refractivity contribution in [2.45, 2.75) is 27.3 Å². The maximum atomic E-state index is 5.41. The van der Waals surface area contributed by atoms with Gasteiger partial charge in [-0.15, -0.1) is 0 Å². The number of nitrogens with zero attached hydrogens (tertiary/aromatic N) is 2. The van der Waals surface area contributed by atoms with Crippen LogP contribution < -0.4 is 0 Å². The first-order valence-corrected chi connectivity index (χ1v) is 6.98. The smallest absolute Gasteiger partial charge is 0.178 e. The van der Waals surface area contributed by atoms with Gasteiger partial charge in [0.25, 0.3) is 0 Å². The highest BCUT2D eigenvalue weighted by Crippen LogP contribution is 2.15. The van der Waals surface area contributed by atoms with E-state index < -0.39 is 0 Å². The Balaban J connectivity index is 2.29. The van der Waals surface area contributed by atoms with E-state index >= 15 is 0 Å². The first-order chi connectivity index (χ1) is 8.65. The summed E-state index contributed by atoms with van der Waals surface area (Å²) in [5.74, 6) is 0. The van der Waals surface area contributed by atoms with Gasteiger partial charge in [-0.3, -0.25) is 0 Å². The summed E-state index contributed by atoms with van der Waals surface area (Å²) in [5.41, 5.74) is 3.62. The Morgan fingerprint density at radius 2 is 2.00 bits per heavy atom. The van der Waals surface area contributed by atoms with Crippen LogP contribution in [-0.4, -0.2) is 34.1 Å².